The number of hydrogen-bond acceptors (Lipinski definition) is 3. The van der Waals surface area contributed by atoms with E-state index in [2.05, 4.69) is 19.7 Å². The number of rotatable bonds is 0. The van der Waals surface area contributed by atoms with Gasteiger partial charge in [-0.3, -0.25) is 0 Å². The first kappa shape index (κ1) is 22.8. The smallest absolute Gasteiger partial charge is 0.876 e. The molecule has 0 radical (unpaired) electrons. The van der Waals surface area contributed by atoms with E-state index in [1.165, 1.54) is 20.8 Å². The Morgan fingerprint density at radius 2 is 0.692 bits per heavy atom. The summed E-state index contributed by atoms with van der Waals surface area (Å²) in [5.74, 6) is -0.250. The van der Waals surface area contributed by atoms with Crippen molar-refractivity contribution in [2.75, 3.05) is 0 Å². The first-order valence-corrected chi connectivity index (χ1v) is 3.17. The van der Waals surface area contributed by atoms with E-state index < -0.39 is 0 Å². The molecule has 0 aromatic heterocycles. The third-order valence-electron chi connectivity index (χ3n) is 0. The molecule has 0 unspecified atom stereocenters. The van der Waals surface area contributed by atoms with Crippen molar-refractivity contribution in [1.82, 2.24) is 0 Å². The van der Waals surface area contributed by atoms with Gasteiger partial charge < -0.3 is 15.3 Å². The maximum Gasteiger partial charge on any atom is 3.00 e. The van der Waals surface area contributed by atoms with Gasteiger partial charge in [0.15, 0.2) is 0 Å². The molecule has 0 aliphatic carbocycles. The van der Waals surface area contributed by atoms with Crippen molar-refractivity contribution < 1.29 is 35.4 Å². The van der Waals surface area contributed by atoms with Gasteiger partial charge >= 0.3 is 20.1 Å². The van der Waals surface area contributed by atoms with Gasteiger partial charge in [-0.2, -0.15) is 0 Å². The topological polar surface area (TPSA) is 69.2 Å². The van der Waals surface area contributed by atoms with Crippen LogP contribution in [0.4, 0.5) is 0 Å². The van der Waals surface area contributed by atoms with Gasteiger partial charge in [0.05, 0.1) is 0 Å². The second-order valence-electron chi connectivity index (χ2n) is 2.11. The minimum atomic E-state index is -0.0833. The molecule has 78 valence electrons. The number of hydrogen-bond donors (Lipinski definition) is 0. The van der Waals surface area contributed by atoms with Crippen molar-refractivity contribution in [3.05, 3.63) is 37.0 Å². The van der Waals surface area contributed by atoms with E-state index in [1.54, 1.807) is 0 Å². The van der Waals surface area contributed by atoms with Gasteiger partial charge in [-0.05, 0) is 0 Å². The van der Waals surface area contributed by atoms with Crippen LogP contribution in [-0.4, -0.2) is 0 Å². The summed E-state index contributed by atoms with van der Waals surface area (Å²) in [5.41, 5.74) is 0. The van der Waals surface area contributed by atoms with E-state index in [-0.39, 0.29) is 37.4 Å². The molecule has 0 aliphatic heterocycles. The SMILES string of the molecule is C=C(C)[O-].C=C(C)[O-].C=C(C)[O-].[Ir+3]. The summed E-state index contributed by atoms with van der Waals surface area (Å²) in [7, 11) is 0. The summed E-state index contributed by atoms with van der Waals surface area (Å²) in [5, 5.41) is 28.0. The largest absolute Gasteiger partial charge is 3.00 e. The van der Waals surface area contributed by atoms with Crippen molar-refractivity contribution in [2.24, 2.45) is 0 Å². The van der Waals surface area contributed by atoms with E-state index >= 15 is 0 Å². The van der Waals surface area contributed by atoms with Gasteiger partial charge in [-0.25, -0.2) is 0 Å². The number of allylic oxidation sites excluding steroid dienone is 3. The van der Waals surface area contributed by atoms with Gasteiger partial charge in [-0.15, -0.1) is 37.0 Å². The van der Waals surface area contributed by atoms with Crippen LogP contribution in [0.1, 0.15) is 20.8 Å². The molecular weight excluding hydrogens is 348 g/mol. The zero-order valence-corrected chi connectivity index (χ0v) is 10.6. The minimum absolute atomic E-state index is 0. The first-order valence-electron chi connectivity index (χ1n) is 3.17. The van der Waals surface area contributed by atoms with E-state index in [4.69, 9.17) is 0 Å². The quantitative estimate of drug-likeness (QED) is 0.552. The molecule has 0 rings (SSSR count). The fourth-order valence-corrected chi connectivity index (χ4v) is 0. The standard InChI is InChI=1S/3C3H6O.Ir/c3*1-3(2)4;/h3*4H,1H2,2H3;/q;;;+3/p-3. The third kappa shape index (κ3) is 1810. The van der Waals surface area contributed by atoms with Crippen LogP contribution in [0.15, 0.2) is 37.0 Å². The van der Waals surface area contributed by atoms with Crippen LogP contribution < -0.4 is 15.3 Å². The molecule has 0 N–H and O–H groups in total. The zero-order valence-electron chi connectivity index (χ0n) is 8.18. The fraction of sp³-hybridized carbons (Fsp3) is 0.333. The molecule has 0 saturated heterocycles. The summed E-state index contributed by atoms with van der Waals surface area (Å²) in [4.78, 5) is 0. The normalized spacial score (nSPS) is 5.77. The molecule has 0 aromatic carbocycles. The van der Waals surface area contributed by atoms with Crippen LogP contribution in [0.5, 0.6) is 0 Å². The van der Waals surface area contributed by atoms with Crippen LogP contribution in [0.2, 0.25) is 0 Å². The van der Waals surface area contributed by atoms with Gasteiger partial charge in [0.25, 0.3) is 0 Å². The van der Waals surface area contributed by atoms with Crippen molar-refractivity contribution in [3.8, 4) is 0 Å². The molecule has 4 heteroatoms. The van der Waals surface area contributed by atoms with Gasteiger partial charge in [0.1, 0.15) is 0 Å². The summed E-state index contributed by atoms with van der Waals surface area (Å²) in [6.45, 7) is 13.2. The van der Waals surface area contributed by atoms with Crippen molar-refractivity contribution >= 4 is 0 Å². The Bertz CT molecular complexity index is 112. The van der Waals surface area contributed by atoms with Crippen molar-refractivity contribution in [1.29, 1.82) is 0 Å². The van der Waals surface area contributed by atoms with Gasteiger partial charge in [0.2, 0.25) is 0 Å². The Labute approximate surface area is 93.5 Å². The van der Waals surface area contributed by atoms with Gasteiger partial charge in [-0.1, -0.05) is 20.8 Å². The van der Waals surface area contributed by atoms with Crippen molar-refractivity contribution in [2.45, 2.75) is 20.8 Å². The summed E-state index contributed by atoms with van der Waals surface area (Å²) in [6, 6.07) is 0. The van der Waals surface area contributed by atoms with Crippen LogP contribution in [0, 0.1) is 0 Å². The van der Waals surface area contributed by atoms with Crippen LogP contribution in [0.3, 0.4) is 0 Å². The zero-order chi connectivity index (χ0) is 10.7. The average molecular weight is 363 g/mol. The monoisotopic (exact) mass is 364 g/mol. The van der Waals surface area contributed by atoms with E-state index in [1.807, 2.05) is 0 Å². The predicted octanol–water partition coefficient (Wildman–Crippen LogP) is -0.362. The average Bonchev–Trinajstić information content (AvgIpc) is 1.54. The molecule has 0 saturated carbocycles. The maximum atomic E-state index is 9.33. The van der Waals surface area contributed by atoms with Crippen molar-refractivity contribution in [3.63, 3.8) is 0 Å². The second kappa shape index (κ2) is 17.4. The molecule has 0 atom stereocenters. The molecule has 0 bridgehead atoms. The molecule has 0 spiro atoms. The Balaban J connectivity index is -0.0000000450. The summed E-state index contributed by atoms with van der Waals surface area (Å²) >= 11 is 0. The molecule has 0 aromatic rings. The second-order valence-corrected chi connectivity index (χ2v) is 2.11. The Morgan fingerprint density at radius 3 is 0.692 bits per heavy atom. The summed E-state index contributed by atoms with van der Waals surface area (Å²) < 4.78 is 0. The van der Waals surface area contributed by atoms with E-state index in [0.29, 0.717) is 0 Å². The van der Waals surface area contributed by atoms with E-state index in [0.717, 1.165) is 0 Å². The van der Waals surface area contributed by atoms with E-state index in [9.17, 15) is 15.3 Å². The molecule has 0 fully saturated rings. The molecule has 0 heterocycles. The summed E-state index contributed by atoms with van der Waals surface area (Å²) in [6.07, 6.45) is 0. The molecule has 0 amide bonds. The van der Waals surface area contributed by atoms with Gasteiger partial charge in [0, 0.05) is 0 Å². The molecule has 0 aliphatic rings. The molecule has 3 nitrogen and oxygen atoms in total. The Morgan fingerprint density at radius 1 is 0.692 bits per heavy atom. The Hall–Kier alpha value is -0.731. The first-order chi connectivity index (χ1) is 5.20. The van der Waals surface area contributed by atoms with Crippen LogP contribution >= 0.6 is 0 Å². The van der Waals surface area contributed by atoms with Crippen LogP contribution in [0.25, 0.3) is 0 Å². The Kier molecular flexibility index (Phi) is 30.5. The molecular formula is C9H15IrO3. The van der Waals surface area contributed by atoms with Crippen LogP contribution in [-0.2, 0) is 20.1 Å². The third-order valence-corrected chi connectivity index (χ3v) is 0. The maximum absolute atomic E-state index is 9.33. The predicted molar refractivity (Wildman–Crippen MR) is 44.4 cm³/mol. The molecule has 13 heavy (non-hydrogen) atoms. The minimum Gasteiger partial charge on any atom is -0.876 e. The fourth-order valence-electron chi connectivity index (χ4n) is 0.